The number of halogens is 1. The molecule has 1 aliphatic rings. The molecule has 8 heteroatoms. The summed E-state index contributed by atoms with van der Waals surface area (Å²) < 4.78 is 0. The summed E-state index contributed by atoms with van der Waals surface area (Å²) in [5.41, 5.74) is 1.39. The molecular weight excluding hydrogens is 521 g/mol. The van der Waals surface area contributed by atoms with Crippen LogP contribution in [0.2, 0.25) is 0 Å². The number of aliphatic imine (C=N–C) groups is 1. The van der Waals surface area contributed by atoms with Crippen molar-refractivity contribution in [3.05, 3.63) is 52.0 Å². The minimum Gasteiger partial charge on any atom is -0.356 e. The summed E-state index contributed by atoms with van der Waals surface area (Å²) in [6.07, 6.45) is 7.09. The number of carbonyl (C=O) groups excluding carboxylic acids is 1. The number of amides is 1. The van der Waals surface area contributed by atoms with E-state index in [9.17, 15) is 4.79 Å². The van der Waals surface area contributed by atoms with Crippen molar-refractivity contribution in [2.45, 2.75) is 39.0 Å². The molecule has 0 aliphatic carbocycles. The van der Waals surface area contributed by atoms with Gasteiger partial charge >= 0.3 is 0 Å². The zero-order valence-corrected chi connectivity index (χ0v) is 21.6. The maximum absolute atomic E-state index is 12.6. The Bertz CT molecular complexity index is 818. The van der Waals surface area contributed by atoms with E-state index in [4.69, 9.17) is 0 Å². The lowest BCUT2D eigenvalue weighted by atomic mass is 9.90. The van der Waals surface area contributed by atoms with Crippen molar-refractivity contribution in [3.63, 3.8) is 0 Å². The highest BCUT2D eigenvalue weighted by Gasteiger charge is 2.22. The molecule has 2 aromatic rings. The van der Waals surface area contributed by atoms with Gasteiger partial charge in [0.05, 0.1) is 11.6 Å². The first-order valence-electron chi connectivity index (χ1n) is 10.9. The average molecular weight is 556 g/mol. The van der Waals surface area contributed by atoms with E-state index in [1.165, 1.54) is 10.4 Å². The van der Waals surface area contributed by atoms with Crippen LogP contribution in [0.1, 0.15) is 35.2 Å². The first-order chi connectivity index (χ1) is 14.7. The summed E-state index contributed by atoms with van der Waals surface area (Å²) in [6, 6.07) is 10.6. The number of aromatic nitrogens is 1. The van der Waals surface area contributed by atoms with E-state index in [1.807, 2.05) is 11.1 Å². The maximum Gasteiger partial charge on any atom is 0.241 e. The highest BCUT2D eigenvalue weighted by Crippen LogP contribution is 2.21. The van der Waals surface area contributed by atoms with Gasteiger partial charge in [-0.25, -0.2) is 4.98 Å². The standard InChI is InChI=1S/C23H33N5OS.HI/c1-3-20-16-26-21(30-20)9-12-25-23(24-2)27-17-22(29)28-13-10-19(11-14-28)15-18-7-5-4-6-8-18;/h4-8,16,19H,3,9-15,17H2,1-2H3,(H2,24,25,27);1H. The van der Waals surface area contributed by atoms with Crippen LogP contribution in [0.4, 0.5) is 0 Å². The number of benzene rings is 1. The number of hydrogen-bond donors (Lipinski definition) is 2. The number of hydrogen-bond acceptors (Lipinski definition) is 4. The van der Waals surface area contributed by atoms with Crippen molar-refractivity contribution in [2.75, 3.05) is 33.2 Å². The van der Waals surface area contributed by atoms with Gasteiger partial charge in [-0.05, 0) is 37.2 Å². The van der Waals surface area contributed by atoms with Crippen LogP contribution in [0, 0.1) is 5.92 Å². The number of thiazole rings is 1. The lowest BCUT2D eigenvalue weighted by Crippen LogP contribution is -2.47. The molecule has 31 heavy (non-hydrogen) atoms. The molecule has 1 aliphatic heterocycles. The molecule has 3 rings (SSSR count). The molecule has 170 valence electrons. The largest absolute Gasteiger partial charge is 0.356 e. The van der Waals surface area contributed by atoms with E-state index in [2.05, 4.69) is 57.9 Å². The Balaban J connectivity index is 0.00000341. The second kappa shape index (κ2) is 13.7. The number of guanidine groups is 1. The molecule has 1 aromatic carbocycles. The molecule has 2 heterocycles. The predicted molar refractivity (Wildman–Crippen MR) is 139 cm³/mol. The van der Waals surface area contributed by atoms with Crippen LogP contribution in [-0.2, 0) is 24.1 Å². The molecule has 0 bridgehead atoms. The number of likely N-dealkylation sites (tertiary alicyclic amines) is 1. The van der Waals surface area contributed by atoms with Crippen molar-refractivity contribution in [1.29, 1.82) is 0 Å². The smallest absolute Gasteiger partial charge is 0.241 e. The molecule has 0 radical (unpaired) electrons. The normalized spacial score (nSPS) is 14.8. The molecule has 1 amide bonds. The minimum absolute atomic E-state index is 0. The van der Waals surface area contributed by atoms with Gasteiger partial charge in [0.15, 0.2) is 5.96 Å². The van der Waals surface area contributed by atoms with Gasteiger partial charge in [0.25, 0.3) is 0 Å². The predicted octanol–water partition coefficient (Wildman–Crippen LogP) is 3.51. The Morgan fingerprint density at radius 1 is 1.23 bits per heavy atom. The van der Waals surface area contributed by atoms with Crippen LogP contribution in [0.3, 0.4) is 0 Å². The summed E-state index contributed by atoms with van der Waals surface area (Å²) in [4.78, 5) is 24.5. The monoisotopic (exact) mass is 555 g/mol. The van der Waals surface area contributed by atoms with Gasteiger partial charge in [-0.2, -0.15) is 0 Å². The Kier molecular flexibility index (Phi) is 11.3. The van der Waals surface area contributed by atoms with E-state index < -0.39 is 0 Å². The van der Waals surface area contributed by atoms with Crippen LogP contribution in [0.25, 0.3) is 0 Å². The second-order valence-electron chi connectivity index (χ2n) is 7.69. The van der Waals surface area contributed by atoms with Crippen molar-refractivity contribution in [1.82, 2.24) is 20.5 Å². The molecule has 0 saturated carbocycles. The van der Waals surface area contributed by atoms with Gasteiger partial charge in [0.2, 0.25) is 5.91 Å². The van der Waals surface area contributed by atoms with Gasteiger partial charge in [0.1, 0.15) is 0 Å². The Hall–Kier alpha value is -1.68. The number of carbonyl (C=O) groups is 1. The average Bonchev–Trinajstić information content (AvgIpc) is 3.25. The van der Waals surface area contributed by atoms with E-state index >= 15 is 0 Å². The third-order valence-electron chi connectivity index (χ3n) is 5.55. The molecule has 0 spiro atoms. The van der Waals surface area contributed by atoms with Crippen molar-refractivity contribution < 1.29 is 4.79 Å². The van der Waals surface area contributed by atoms with E-state index in [0.29, 0.717) is 11.9 Å². The zero-order chi connectivity index (χ0) is 21.2. The number of rotatable bonds is 8. The highest BCUT2D eigenvalue weighted by atomic mass is 127. The fourth-order valence-electron chi connectivity index (χ4n) is 3.74. The quantitative estimate of drug-likeness (QED) is 0.297. The highest BCUT2D eigenvalue weighted by molar-refractivity contribution is 14.0. The number of nitrogens with one attached hydrogen (secondary N) is 2. The Morgan fingerprint density at radius 3 is 2.61 bits per heavy atom. The van der Waals surface area contributed by atoms with Crippen molar-refractivity contribution in [2.24, 2.45) is 10.9 Å². The minimum atomic E-state index is 0. The lowest BCUT2D eigenvalue weighted by molar-refractivity contribution is -0.131. The molecular formula is C23H34IN5OS. The van der Waals surface area contributed by atoms with Crippen molar-refractivity contribution >= 4 is 47.2 Å². The van der Waals surface area contributed by atoms with Crippen LogP contribution in [-0.4, -0.2) is 55.0 Å². The molecule has 0 atom stereocenters. The molecule has 1 saturated heterocycles. The van der Waals surface area contributed by atoms with Gasteiger partial charge in [-0.15, -0.1) is 35.3 Å². The molecule has 6 nitrogen and oxygen atoms in total. The van der Waals surface area contributed by atoms with Crippen molar-refractivity contribution in [3.8, 4) is 0 Å². The SMILES string of the molecule is CCc1cnc(CCNC(=NC)NCC(=O)N2CCC(Cc3ccccc3)CC2)s1.I. The first kappa shape index (κ1) is 25.6. The molecule has 2 N–H and O–H groups in total. The number of nitrogens with zero attached hydrogens (tertiary/aromatic N) is 3. The summed E-state index contributed by atoms with van der Waals surface area (Å²) in [5, 5.41) is 7.55. The zero-order valence-electron chi connectivity index (χ0n) is 18.5. The van der Waals surface area contributed by atoms with Gasteiger partial charge < -0.3 is 15.5 Å². The second-order valence-corrected chi connectivity index (χ2v) is 8.89. The molecule has 1 aromatic heterocycles. The molecule has 0 unspecified atom stereocenters. The van der Waals surface area contributed by atoms with E-state index in [1.54, 1.807) is 18.4 Å². The van der Waals surface area contributed by atoms with Gasteiger partial charge in [-0.1, -0.05) is 37.3 Å². The summed E-state index contributed by atoms with van der Waals surface area (Å²) in [7, 11) is 1.73. The van der Waals surface area contributed by atoms with Gasteiger partial charge in [0, 0.05) is 44.2 Å². The third-order valence-corrected chi connectivity index (χ3v) is 6.75. The maximum atomic E-state index is 12.6. The number of aryl methyl sites for hydroxylation is 1. The van der Waals surface area contributed by atoms with E-state index in [-0.39, 0.29) is 36.4 Å². The fraction of sp³-hybridized carbons (Fsp3) is 0.522. The van der Waals surface area contributed by atoms with E-state index in [0.717, 1.165) is 56.7 Å². The first-order valence-corrected chi connectivity index (χ1v) is 11.7. The Morgan fingerprint density at radius 2 is 1.97 bits per heavy atom. The summed E-state index contributed by atoms with van der Waals surface area (Å²) >= 11 is 1.76. The summed E-state index contributed by atoms with van der Waals surface area (Å²) in [6.45, 7) is 4.85. The lowest BCUT2D eigenvalue weighted by Gasteiger charge is -2.32. The fourth-order valence-corrected chi connectivity index (χ4v) is 4.60. The van der Waals surface area contributed by atoms with Crippen LogP contribution >= 0.6 is 35.3 Å². The van der Waals surface area contributed by atoms with Gasteiger partial charge in [-0.3, -0.25) is 9.79 Å². The number of piperidine rings is 1. The topological polar surface area (TPSA) is 69.6 Å². The van der Waals surface area contributed by atoms with Crippen LogP contribution in [0.5, 0.6) is 0 Å². The Labute approximate surface area is 207 Å². The van der Waals surface area contributed by atoms with Crippen LogP contribution < -0.4 is 10.6 Å². The summed E-state index contributed by atoms with van der Waals surface area (Å²) in [5.74, 6) is 1.47. The van der Waals surface area contributed by atoms with Crippen LogP contribution in [0.15, 0.2) is 41.5 Å². The molecule has 1 fully saturated rings. The third kappa shape index (κ3) is 8.40.